The molecule has 4 heteroatoms. The summed E-state index contributed by atoms with van der Waals surface area (Å²) in [6, 6.07) is 9.79. The van der Waals surface area contributed by atoms with Gasteiger partial charge in [-0.1, -0.05) is 50.0 Å². The van der Waals surface area contributed by atoms with Crippen molar-refractivity contribution >= 4 is 19.9 Å². The Morgan fingerprint density at radius 2 is 1.85 bits per heavy atom. The number of carbonyl (C=O) groups is 2. The molecule has 3 nitrogen and oxygen atoms in total. The van der Waals surface area contributed by atoms with E-state index in [4.69, 9.17) is 0 Å². The summed E-state index contributed by atoms with van der Waals surface area (Å²) in [4.78, 5) is 27.0. The fraction of sp³-hybridized carbons (Fsp3) is 0.500. The summed E-state index contributed by atoms with van der Waals surface area (Å²) >= 11 is 0. The normalized spacial score (nSPS) is 29.4. The van der Waals surface area contributed by atoms with E-state index in [1.807, 2.05) is 30.3 Å². The molecule has 3 rings (SSSR count). The van der Waals surface area contributed by atoms with Gasteiger partial charge in [-0.2, -0.15) is 0 Å². The molecule has 0 radical (unpaired) electrons. The van der Waals surface area contributed by atoms with Crippen molar-refractivity contribution < 1.29 is 9.59 Å². The van der Waals surface area contributed by atoms with Gasteiger partial charge in [0.15, 0.2) is 0 Å². The molecular formula is C16H21NO2Si. The van der Waals surface area contributed by atoms with E-state index in [9.17, 15) is 9.59 Å². The van der Waals surface area contributed by atoms with Crippen LogP contribution in [-0.2, 0) is 16.1 Å². The molecule has 2 fully saturated rings. The molecule has 2 amide bonds. The Balaban J connectivity index is 1.92. The highest BCUT2D eigenvalue weighted by Gasteiger charge is 2.69. The highest BCUT2D eigenvalue weighted by atomic mass is 28.3. The first kappa shape index (κ1) is 13.6. The van der Waals surface area contributed by atoms with Gasteiger partial charge in [-0.25, -0.2) is 0 Å². The summed E-state index contributed by atoms with van der Waals surface area (Å²) in [6.45, 7) is 7.09. The second-order valence-corrected chi connectivity index (χ2v) is 12.4. The molecule has 1 aromatic carbocycles. The third kappa shape index (κ3) is 1.64. The molecule has 20 heavy (non-hydrogen) atoms. The fourth-order valence-corrected chi connectivity index (χ4v) is 6.81. The second kappa shape index (κ2) is 4.28. The van der Waals surface area contributed by atoms with Crippen LogP contribution < -0.4 is 0 Å². The van der Waals surface area contributed by atoms with Crippen LogP contribution in [0.4, 0.5) is 0 Å². The van der Waals surface area contributed by atoms with Gasteiger partial charge >= 0.3 is 0 Å². The molecule has 1 saturated heterocycles. The molecule has 0 N–H and O–H groups in total. The van der Waals surface area contributed by atoms with Crippen LogP contribution in [-0.4, -0.2) is 24.8 Å². The average molecular weight is 287 g/mol. The van der Waals surface area contributed by atoms with Gasteiger partial charge < -0.3 is 0 Å². The summed E-state index contributed by atoms with van der Waals surface area (Å²) in [6.07, 6.45) is 1.80. The lowest BCUT2D eigenvalue weighted by atomic mass is 9.74. The average Bonchev–Trinajstić information content (AvgIpc) is 2.47. The molecule has 1 aliphatic heterocycles. The Morgan fingerprint density at radius 1 is 1.20 bits per heavy atom. The topological polar surface area (TPSA) is 37.4 Å². The molecule has 0 unspecified atom stereocenters. The lowest BCUT2D eigenvalue weighted by molar-refractivity contribution is -0.140. The number of nitrogens with zero attached hydrogens (tertiary/aromatic N) is 1. The van der Waals surface area contributed by atoms with Crippen molar-refractivity contribution in [1.82, 2.24) is 4.90 Å². The maximum absolute atomic E-state index is 12.9. The van der Waals surface area contributed by atoms with Crippen LogP contribution in [0.25, 0.3) is 0 Å². The van der Waals surface area contributed by atoms with E-state index in [0.29, 0.717) is 6.54 Å². The Labute approximate surface area is 121 Å². The van der Waals surface area contributed by atoms with Crippen molar-refractivity contribution in [3.8, 4) is 0 Å². The van der Waals surface area contributed by atoms with Gasteiger partial charge in [0.05, 0.1) is 25.6 Å². The van der Waals surface area contributed by atoms with Crippen molar-refractivity contribution in [3.05, 3.63) is 35.9 Å². The lowest BCUT2D eigenvalue weighted by Gasteiger charge is -2.49. The summed E-state index contributed by atoms with van der Waals surface area (Å²) in [5, 5.41) is -0.321. The van der Waals surface area contributed by atoms with E-state index >= 15 is 0 Å². The van der Waals surface area contributed by atoms with Gasteiger partial charge in [0.2, 0.25) is 11.8 Å². The number of hydrogen-bond donors (Lipinski definition) is 0. The van der Waals surface area contributed by atoms with Gasteiger partial charge in [-0.15, -0.1) is 0 Å². The number of hydrogen-bond acceptors (Lipinski definition) is 2. The zero-order valence-electron chi connectivity index (χ0n) is 12.3. The van der Waals surface area contributed by atoms with Gasteiger partial charge in [0.1, 0.15) is 0 Å². The van der Waals surface area contributed by atoms with Crippen LogP contribution >= 0.6 is 0 Å². The Kier molecular flexibility index (Phi) is 2.90. The predicted molar refractivity (Wildman–Crippen MR) is 80.8 cm³/mol. The molecule has 1 aliphatic carbocycles. The monoisotopic (exact) mass is 287 g/mol. The SMILES string of the molecule is C[Si](C)(C)[C@]12CC[C@H]1C(=O)N(Cc1ccccc1)C2=O. The Bertz CT molecular complexity index is 564. The van der Waals surface area contributed by atoms with Gasteiger partial charge in [0, 0.05) is 0 Å². The predicted octanol–water partition coefficient (Wildman–Crippen LogP) is 3.04. The van der Waals surface area contributed by atoms with Crippen LogP contribution in [0, 0.1) is 5.92 Å². The standard InChI is InChI=1S/C16H21NO2Si/c1-20(2,3)16-10-9-13(16)14(18)17(15(16)19)11-12-7-5-4-6-8-12/h4-8,13H,9-11H2,1-3H3/t13-,16+/m0/s1. The first-order chi connectivity index (χ1) is 9.38. The molecule has 0 spiro atoms. The van der Waals surface area contributed by atoms with Crippen molar-refractivity contribution in [3.63, 3.8) is 0 Å². The summed E-state index contributed by atoms with van der Waals surface area (Å²) in [5.74, 6) is 0.125. The molecule has 1 saturated carbocycles. The smallest absolute Gasteiger partial charge is 0.233 e. The first-order valence-electron chi connectivity index (χ1n) is 7.28. The Morgan fingerprint density at radius 3 is 2.30 bits per heavy atom. The van der Waals surface area contributed by atoms with Gasteiger partial charge in [-0.3, -0.25) is 14.5 Å². The summed E-state index contributed by atoms with van der Waals surface area (Å²) in [5.41, 5.74) is 1.03. The first-order valence-corrected chi connectivity index (χ1v) is 10.8. The van der Waals surface area contributed by atoms with Crippen molar-refractivity contribution in [2.75, 3.05) is 0 Å². The number of rotatable bonds is 3. The number of carbonyl (C=O) groups excluding carboxylic acids is 2. The highest BCUT2D eigenvalue weighted by Crippen LogP contribution is 2.64. The van der Waals surface area contributed by atoms with Crippen LogP contribution in [0.3, 0.4) is 0 Å². The van der Waals surface area contributed by atoms with Crippen molar-refractivity contribution in [2.24, 2.45) is 5.92 Å². The minimum absolute atomic E-state index is 0.0367. The fourth-order valence-electron chi connectivity index (χ4n) is 3.83. The van der Waals surface area contributed by atoms with E-state index in [0.717, 1.165) is 18.4 Å². The third-order valence-corrected chi connectivity index (χ3v) is 8.62. The highest BCUT2D eigenvalue weighted by molar-refractivity contribution is 6.83. The third-order valence-electron chi connectivity index (χ3n) is 5.13. The van der Waals surface area contributed by atoms with Crippen LogP contribution in [0.5, 0.6) is 0 Å². The maximum atomic E-state index is 12.9. The molecule has 1 aromatic rings. The van der Waals surface area contributed by atoms with Crippen LogP contribution in [0.2, 0.25) is 24.7 Å². The van der Waals surface area contributed by atoms with E-state index in [-0.39, 0.29) is 22.8 Å². The van der Waals surface area contributed by atoms with Gasteiger partial charge in [-0.05, 0) is 18.4 Å². The number of likely N-dealkylation sites (tertiary alicyclic amines) is 1. The molecule has 0 bridgehead atoms. The van der Waals surface area contributed by atoms with Crippen LogP contribution in [0.1, 0.15) is 18.4 Å². The molecule has 2 aliphatic rings. The number of imide groups is 1. The number of fused-ring (bicyclic) bond motifs is 1. The van der Waals surface area contributed by atoms with Crippen LogP contribution in [0.15, 0.2) is 30.3 Å². The number of benzene rings is 1. The quantitative estimate of drug-likeness (QED) is 0.633. The maximum Gasteiger partial charge on any atom is 0.233 e. The lowest BCUT2D eigenvalue weighted by Crippen LogP contribution is -2.53. The van der Waals surface area contributed by atoms with E-state index in [1.165, 1.54) is 4.90 Å². The number of amides is 2. The minimum atomic E-state index is -1.70. The largest absolute Gasteiger partial charge is 0.278 e. The zero-order chi connectivity index (χ0) is 14.5. The van der Waals surface area contributed by atoms with Gasteiger partial charge in [0.25, 0.3) is 0 Å². The molecule has 2 atom stereocenters. The minimum Gasteiger partial charge on any atom is -0.278 e. The second-order valence-electron chi connectivity index (χ2n) is 7.03. The van der Waals surface area contributed by atoms with E-state index in [1.54, 1.807) is 0 Å². The summed E-state index contributed by atoms with van der Waals surface area (Å²) in [7, 11) is -1.70. The zero-order valence-corrected chi connectivity index (χ0v) is 13.3. The van der Waals surface area contributed by atoms with Crippen molar-refractivity contribution in [2.45, 2.75) is 44.1 Å². The van der Waals surface area contributed by atoms with E-state index in [2.05, 4.69) is 19.6 Å². The molecule has 1 heterocycles. The van der Waals surface area contributed by atoms with Crippen molar-refractivity contribution in [1.29, 1.82) is 0 Å². The Hall–Kier alpha value is -1.42. The molecular weight excluding hydrogens is 266 g/mol. The molecule has 0 aromatic heterocycles. The van der Waals surface area contributed by atoms with E-state index < -0.39 is 8.07 Å². The summed E-state index contributed by atoms with van der Waals surface area (Å²) < 4.78 is 0. The molecule has 106 valence electrons.